The fourth-order valence-corrected chi connectivity index (χ4v) is 4.30. The lowest BCUT2D eigenvalue weighted by atomic mass is 10.1. The Kier molecular flexibility index (Phi) is 6.42. The summed E-state index contributed by atoms with van der Waals surface area (Å²) in [4.78, 5) is 25.5. The summed E-state index contributed by atoms with van der Waals surface area (Å²) >= 11 is 0. The van der Waals surface area contributed by atoms with Crippen molar-refractivity contribution < 1.29 is 22.7 Å². The maximum Gasteiger partial charge on any atom is 0.274 e. The molecule has 11 heteroatoms. The van der Waals surface area contributed by atoms with Crippen molar-refractivity contribution in [3.8, 4) is 5.75 Å². The van der Waals surface area contributed by atoms with Crippen LogP contribution in [-0.2, 0) is 10.0 Å². The van der Waals surface area contributed by atoms with Gasteiger partial charge < -0.3 is 15.4 Å². The van der Waals surface area contributed by atoms with E-state index >= 15 is 0 Å². The van der Waals surface area contributed by atoms with E-state index in [0.717, 1.165) is 5.56 Å². The van der Waals surface area contributed by atoms with Gasteiger partial charge in [-0.3, -0.25) is 14.7 Å². The lowest BCUT2D eigenvalue weighted by Crippen LogP contribution is -2.46. The molecule has 1 fully saturated rings. The summed E-state index contributed by atoms with van der Waals surface area (Å²) in [6, 6.07) is 5.10. The Labute approximate surface area is 175 Å². The molecular weight excluding hydrogens is 410 g/mol. The molecule has 1 aliphatic rings. The molecule has 1 aromatic carbocycles. The highest BCUT2D eigenvalue weighted by molar-refractivity contribution is 7.88. The molecule has 162 valence electrons. The Bertz CT molecular complexity index is 1040. The quantitative estimate of drug-likeness (QED) is 0.623. The van der Waals surface area contributed by atoms with Crippen molar-refractivity contribution in [2.75, 3.05) is 31.8 Å². The zero-order chi connectivity index (χ0) is 21.9. The molecule has 30 heavy (non-hydrogen) atoms. The summed E-state index contributed by atoms with van der Waals surface area (Å²) in [7, 11) is -1.75. The molecule has 1 aliphatic heterocycles. The monoisotopic (exact) mass is 435 g/mol. The smallest absolute Gasteiger partial charge is 0.274 e. The van der Waals surface area contributed by atoms with Crippen molar-refractivity contribution in [3.63, 3.8) is 0 Å². The number of carbonyl (C=O) groups excluding carboxylic acids is 2. The summed E-state index contributed by atoms with van der Waals surface area (Å²) in [6.45, 7) is 2.49. The highest BCUT2D eigenvalue weighted by atomic mass is 32.2. The molecule has 0 saturated carbocycles. The Balaban J connectivity index is 1.67. The Morgan fingerprint density at radius 3 is 2.57 bits per heavy atom. The van der Waals surface area contributed by atoms with E-state index < -0.39 is 21.8 Å². The first kappa shape index (κ1) is 21.8. The van der Waals surface area contributed by atoms with Crippen LogP contribution in [0, 0.1) is 6.92 Å². The fraction of sp³-hybridized carbons (Fsp3) is 0.421. The molecule has 3 rings (SSSR count). The van der Waals surface area contributed by atoms with E-state index in [1.54, 1.807) is 25.1 Å². The molecule has 2 heterocycles. The normalized spacial score (nSPS) is 15.6. The van der Waals surface area contributed by atoms with Crippen LogP contribution >= 0.6 is 0 Å². The number of anilines is 1. The molecule has 2 amide bonds. The van der Waals surface area contributed by atoms with E-state index in [4.69, 9.17) is 4.74 Å². The van der Waals surface area contributed by atoms with Gasteiger partial charge in [0.2, 0.25) is 10.0 Å². The number of aromatic amines is 1. The van der Waals surface area contributed by atoms with Gasteiger partial charge in [-0.1, -0.05) is 12.1 Å². The van der Waals surface area contributed by atoms with E-state index in [9.17, 15) is 18.0 Å². The molecule has 0 bridgehead atoms. The Morgan fingerprint density at radius 1 is 1.23 bits per heavy atom. The van der Waals surface area contributed by atoms with Crippen molar-refractivity contribution in [2.24, 2.45) is 0 Å². The number of benzene rings is 1. The van der Waals surface area contributed by atoms with Crippen LogP contribution in [0.2, 0.25) is 0 Å². The number of nitrogens with one attached hydrogen (secondary N) is 3. The van der Waals surface area contributed by atoms with Crippen LogP contribution in [0.15, 0.2) is 24.4 Å². The average molecular weight is 436 g/mol. The number of amides is 2. The summed E-state index contributed by atoms with van der Waals surface area (Å²) in [5.74, 6) is -0.428. The zero-order valence-corrected chi connectivity index (χ0v) is 17.9. The Morgan fingerprint density at radius 2 is 1.93 bits per heavy atom. The number of H-pyrrole nitrogens is 1. The largest absolute Gasteiger partial charge is 0.496 e. The molecule has 1 aromatic heterocycles. The third kappa shape index (κ3) is 4.79. The van der Waals surface area contributed by atoms with Gasteiger partial charge in [-0.15, -0.1) is 0 Å². The van der Waals surface area contributed by atoms with Crippen molar-refractivity contribution in [3.05, 3.63) is 41.2 Å². The third-order valence-electron chi connectivity index (χ3n) is 5.04. The zero-order valence-electron chi connectivity index (χ0n) is 17.1. The predicted molar refractivity (Wildman–Crippen MR) is 111 cm³/mol. The number of rotatable bonds is 6. The lowest BCUT2D eigenvalue weighted by molar-refractivity contribution is 0.0919. The maximum absolute atomic E-state index is 12.8. The molecule has 0 aliphatic carbocycles. The second-order valence-corrected chi connectivity index (χ2v) is 9.15. The summed E-state index contributed by atoms with van der Waals surface area (Å²) < 4.78 is 29.9. The minimum Gasteiger partial charge on any atom is -0.496 e. The SMILES string of the molecule is COc1cccc(C)c1C(=O)Nc1c[nH]nc1C(=O)NC1CCN(S(C)(=O)=O)CC1. The third-order valence-corrected chi connectivity index (χ3v) is 6.35. The van der Waals surface area contributed by atoms with Gasteiger partial charge in [0.25, 0.3) is 11.8 Å². The number of hydrogen-bond donors (Lipinski definition) is 3. The Hall–Kier alpha value is -2.92. The molecule has 0 atom stereocenters. The minimum atomic E-state index is -3.23. The molecule has 0 unspecified atom stereocenters. The number of sulfonamides is 1. The molecule has 0 radical (unpaired) electrons. The van der Waals surface area contributed by atoms with Gasteiger partial charge in [-0.2, -0.15) is 5.10 Å². The van der Waals surface area contributed by atoms with E-state index in [1.807, 2.05) is 0 Å². The number of ether oxygens (including phenoxy) is 1. The van der Waals surface area contributed by atoms with Gasteiger partial charge >= 0.3 is 0 Å². The van der Waals surface area contributed by atoms with Crippen molar-refractivity contribution >= 4 is 27.5 Å². The maximum atomic E-state index is 12.8. The van der Waals surface area contributed by atoms with Gasteiger partial charge in [0.1, 0.15) is 5.75 Å². The van der Waals surface area contributed by atoms with Gasteiger partial charge in [0.05, 0.1) is 24.6 Å². The van der Waals surface area contributed by atoms with Crippen LogP contribution in [0.3, 0.4) is 0 Å². The van der Waals surface area contributed by atoms with E-state index in [2.05, 4.69) is 20.8 Å². The van der Waals surface area contributed by atoms with Crippen LogP contribution in [0.25, 0.3) is 0 Å². The predicted octanol–water partition coefficient (Wildman–Crippen LogP) is 1.13. The second kappa shape index (κ2) is 8.84. The van der Waals surface area contributed by atoms with Crippen LogP contribution in [0.1, 0.15) is 39.3 Å². The highest BCUT2D eigenvalue weighted by Gasteiger charge is 2.27. The van der Waals surface area contributed by atoms with Crippen LogP contribution in [0.4, 0.5) is 5.69 Å². The highest BCUT2D eigenvalue weighted by Crippen LogP contribution is 2.24. The molecule has 0 spiro atoms. The van der Waals surface area contributed by atoms with Crippen molar-refractivity contribution in [1.29, 1.82) is 0 Å². The fourth-order valence-electron chi connectivity index (χ4n) is 3.43. The van der Waals surface area contributed by atoms with Crippen LogP contribution in [-0.4, -0.2) is 67.2 Å². The van der Waals surface area contributed by atoms with Crippen molar-refractivity contribution in [1.82, 2.24) is 19.8 Å². The first-order valence-electron chi connectivity index (χ1n) is 9.45. The second-order valence-electron chi connectivity index (χ2n) is 7.16. The van der Waals surface area contributed by atoms with E-state index in [0.29, 0.717) is 37.2 Å². The minimum absolute atomic E-state index is 0.0569. The molecule has 1 saturated heterocycles. The van der Waals surface area contributed by atoms with Crippen molar-refractivity contribution in [2.45, 2.75) is 25.8 Å². The molecular formula is C19H25N5O5S. The van der Waals surface area contributed by atoms with Crippen LogP contribution in [0.5, 0.6) is 5.75 Å². The topological polar surface area (TPSA) is 133 Å². The molecule has 2 aromatic rings. The van der Waals surface area contributed by atoms with Crippen LogP contribution < -0.4 is 15.4 Å². The number of nitrogens with zero attached hydrogens (tertiary/aromatic N) is 2. The number of methoxy groups -OCH3 is 1. The number of hydrogen-bond acceptors (Lipinski definition) is 6. The number of piperidine rings is 1. The number of aryl methyl sites for hydroxylation is 1. The standard InChI is InChI=1S/C19H25N5O5S/c1-12-5-4-6-15(29-2)16(12)18(25)22-14-11-20-23-17(14)19(26)21-13-7-9-24(10-8-13)30(3,27)28/h4-6,11,13H,7-10H2,1-3H3,(H,20,23)(H,21,26)(H,22,25). The first-order chi connectivity index (χ1) is 14.2. The van der Waals surface area contributed by atoms with Gasteiger partial charge in [0.15, 0.2) is 5.69 Å². The summed E-state index contributed by atoms with van der Waals surface area (Å²) in [5, 5.41) is 12.1. The average Bonchev–Trinajstić information content (AvgIpc) is 3.15. The van der Waals surface area contributed by atoms with Gasteiger partial charge in [-0.05, 0) is 31.4 Å². The molecule has 10 nitrogen and oxygen atoms in total. The number of aromatic nitrogens is 2. The van der Waals surface area contributed by atoms with E-state index in [-0.39, 0.29) is 17.4 Å². The lowest BCUT2D eigenvalue weighted by Gasteiger charge is -2.30. The van der Waals surface area contributed by atoms with Gasteiger partial charge in [-0.25, -0.2) is 12.7 Å². The summed E-state index contributed by atoms with van der Waals surface area (Å²) in [6.07, 6.45) is 3.62. The summed E-state index contributed by atoms with van der Waals surface area (Å²) in [5.41, 5.74) is 1.41. The van der Waals surface area contributed by atoms with E-state index in [1.165, 1.54) is 23.9 Å². The first-order valence-corrected chi connectivity index (χ1v) is 11.3. The van der Waals surface area contributed by atoms with Gasteiger partial charge in [0, 0.05) is 25.3 Å². The number of carbonyl (C=O) groups is 2. The molecule has 3 N–H and O–H groups in total.